The Morgan fingerprint density at radius 3 is 2.75 bits per heavy atom. The first kappa shape index (κ1) is 11.0. The van der Waals surface area contributed by atoms with Crippen molar-refractivity contribution in [2.24, 2.45) is 0 Å². The largest absolute Gasteiger partial charge is 0.511 e. The summed E-state index contributed by atoms with van der Waals surface area (Å²) in [5.74, 6) is 1.08. The Labute approximate surface area is 99.9 Å². The van der Waals surface area contributed by atoms with Crippen molar-refractivity contribution in [3.63, 3.8) is 0 Å². The molecule has 16 heavy (non-hydrogen) atoms. The Hall–Kier alpha value is -1.49. The quantitative estimate of drug-likeness (QED) is 0.638. The number of carboxylic acid groups (broad SMARTS) is 1. The van der Waals surface area contributed by atoms with Crippen LogP contribution >= 0.6 is 15.9 Å². The maximum Gasteiger partial charge on any atom is 0.511 e. The van der Waals surface area contributed by atoms with Gasteiger partial charge in [-0.3, -0.25) is 0 Å². The van der Waals surface area contributed by atoms with Crippen molar-refractivity contribution in [2.75, 3.05) is 0 Å². The first-order chi connectivity index (χ1) is 7.49. The molecule has 0 bridgehead atoms. The number of benzene rings is 1. The lowest BCUT2D eigenvalue weighted by molar-refractivity contribution is 0.144. The Bertz CT molecular complexity index is 571. The highest BCUT2D eigenvalue weighted by Crippen LogP contribution is 2.34. The summed E-state index contributed by atoms with van der Waals surface area (Å²) in [5.41, 5.74) is 1.68. The normalized spacial score (nSPS) is 10.7. The zero-order valence-corrected chi connectivity index (χ0v) is 10.3. The maximum atomic E-state index is 10.4. The van der Waals surface area contributed by atoms with Crippen LogP contribution in [0.2, 0.25) is 0 Å². The van der Waals surface area contributed by atoms with Gasteiger partial charge in [0.2, 0.25) is 0 Å². The Kier molecular flexibility index (Phi) is 2.63. The van der Waals surface area contributed by atoms with Gasteiger partial charge in [0, 0.05) is 5.39 Å². The van der Waals surface area contributed by atoms with Crippen LogP contribution in [0.25, 0.3) is 11.0 Å². The van der Waals surface area contributed by atoms with E-state index in [2.05, 4.69) is 20.7 Å². The first-order valence-electron chi connectivity index (χ1n) is 4.59. The molecule has 0 radical (unpaired) electrons. The number of furan rings is 1. The van der Waals surface area contributed by atoms with E-state index in [1.54, 1.807) is 12.1 Å². The molecule has 0 aliphatic carbocycles. The second-order valence-electron chi connectivity index (χ2n) is 3.43. The molecule has 1 heterocycles. The van der Waals surface area contributed by atoms with E-state index in [1.807, 2.05) is 13.8 Å². The van der Waals surface area contributed by atoms with E-state index in [1.165, 1.54) is 0 Å². The third-order valence-corrected chi connectivity index (χ3v) is 3.00. The molecule has 0 atom stereocenters. The zero-order chi connectivity index (χ0) is 11.9. The lowest BCUT2D eigenvalue weighted by Gasteiger charge is -2.01. The van der Waals surface area contributed by atoms with Gasteiger partial charge < -0.3 is 14.3 Å². The Balaban J connectivity index is 2.65. The highest BCUT2D eigenvalue weighted by Gasteiger charge is 2.13. The van der Waals surface area contributed by atoms with Gasteiger partial charge in [-0.1, -0.05) is 0 Å². The van der Waals surface area contributed by atoms with Gasteiger partial charge in [0.15, 0.2) is 0 Å². The fourth-order valence-corrected chi connectivity index (χ4v) is 2.05. The SMILES string of the molecule is Cc1oc2c(Br)cc(OC(=O)O)cc2c1C. The number of ether oxygens (including phenoxy) is 1. The van der Waals surface area contributed by atoms with Crippen molar-refractivity contribution >= 4 is 33.1 Å². The van der Waals surface area contributed by atoms with Gasteiger partial charge in [-0.2, -0.15) is 0 Å². The van der Waals surface area contributed by atoms with Crippen molar-refractivity contribution < 1.29 is 19.1 Å². The number of rotatable bonds is 1. The van der Waals surface area contributed by atoms with Crippen molar-refractivity contribution in [3.8, 4) is 5.75 Å². The predicted octanol–water partition coefficient (Wildman–Crippen LogP) is 3.87. The van der Waals surface area contributed by atoms with Gasteiger partial charge in [-0.15, -0.1) is 0 Å². The average Bonchev–Trinajstić information content (AvgIpc) is 2.45. The molecule has 4 nitrogen and oxygen atoms in total. The molecular formula is C11H9BrO4. The number of aryl methyl sites for hydroxylation is 2. The van der Waals surface area contributed by atoms with Crippen LogP contribution in [0.15, 0.2) is 21.0 Å². The molecule has 2 aromatic rings. The van der Waals surface area contributed by atoms with Gasteiger partial charge in [-0.05, 0) is 47.5 Å². The molecule has 0 unspecified atom stereocenters. The molecule has 1 N–H and O–H groups in total. The van der Waals surface area contributed by atoms with Crippen LogP contribution in [0.3, 0.4) is 0 Å². The molecule has 0 saturated carbocycles. The van der Waals surface area contributed by atoms with E-state index in [0.717, 1.165) is 16.7 Å². The van der Waals surface area contributed by atoms with Crippen molar-refractivity contribution in [1.82, 2.24) is 0 Å². The van der Waals surface area contributed by atoms with E-state index in [9.17, 15) is 4.79 Å². The number of carbonyl (C=O) groups is 1. The molecule has 1 aromatic carbocycles. The minimum atomic E-state index is -1.33. The molecular weight excluding hydrogens is 276 g/mol. The lowest BCUT2D eigenvalue weighted by atomic mass is 10.1. The van der Waals surface area contributed by atoms with E-state index in [-0.39, 0.29) is 5.75 Å². The predicted molar refractivity (Wildman–Crippen MR) is 62.0 cm³/mol. The van der Waals surface area contributed by atoms with Crippen LogP contribution in [0, 0.1) is 13.8 Å². The van der Waals surface area contributed by atoms with Gasteiger partial charge in [-0.25, -0.2) is 4.79 Å². The molecule has 1 aromatic heterocycles. The number of hydrogen-bond donors (Lipinski definition) is 1. The molecule has 0 saturated heterocycles. The lowest BCUT2D eigenvalue weighted by Crippen LogP contribution is -2.02. The highest BCUT2D eigenvalue weighted by atomic mass is 79.9. The smallest absolute Gasteiger partial charge is 0.460 e. The minimum absolute atomic E-state index is 0.274. The molecule has 5 heteroatoms. The highest BCUT2D eigenvalue weighted by molar-refractivity contribution is 9.10. The van der Waals surface area contributed by atoms with Crippen LogP contribution < -0.4 is 4.74 Å². The second-order valence-corrected chi connectivity index (χ2v) is 4.29. The summed E-state index contributed by atoms with van der Waals surface area (Å²) in [6.07, 6.45) is -1.33. The minimum Gasteiger partial charge on any atom is -0.460 e. The average molecular weight is 285 g/mol. The molecule has 0 aliphatic rings. The van der Waals surface area contributed by atoms with E-state index >= 15 is 0 Å². The van der Waals surface area contributed by atoms with Gasteiger partial charge in [0.05, 0.1) is 4.47 Å². The van der Waals surface area contributed by atoms with Gasteiger partial charge in [0.25, 0.3) is 0 Å². The fraction of sp³-hybridized carbons (Fsp3) is 0.182. The van der Waals surface area contributed by atoms with Crippen molar-refractivity contribution in [1.29, 1.82) is 0 Å². The van der Waals surface area contributed by atoms with Crippen LogP contribution in [-0.2, 0) is 0 Å². The number of hydrogen-bond acceptors (Lipinski definition) is 3. The molecule has 0 spiro atoms. The standard InChI is InChI=1S/C11H9BrO4/c1-5-6(2)15-10-8(5)3-7(4-9(10)12)16-11(13)14/h3-4H,1-2H3,(H,13,14). The van der Waals surface area contributed by atoms with Gasteiger partial charge in [0.1, 0.15) is 17.1 Å². The summed E-state index contributed by atoms with van der Waals surface area (Å²) in [4.78, 5) is 10.4. The molecule has 2 rings (SSSR count). The molecule has 84 valence electrons. The molecule has 0 amide bonds. The van der Waals surface area contributed by atoms with Crippen LogP contribution in [0.4, 0.5) is 4.79 Å². The number of fused-ring (bicyclic) bond motifs is 1. The second kappa shape index (κ2) is 3.83. The first-order valence-corrected chi connectivity index (χ1v) is 5.38. The van der Waals surface area contributed by atoms with E-state index in [4.69, 9.17) is 9.52 Å². The monoisotopic (exact) mass is 284 g/mol. The van der Waals surface area contributed by atoms with E-state index in [0.29, 0.717) is 10.1 Å². The molecule has 0 fully saturated rings. The van der Waals surface area contributed by atoms with Crippen LogP contribution in [0.5, 0.6) is 5.75 Å². The summed E-state index contributed by atoms with van der Waals surface area (Å²) >= 11 is 3.32. The van der Waals surface area contributed by atoms with Crippen molar-refractivity contribution in [2.45, 2.75) is 13.8 Å². The summed E-state index contributed by atoms with van der Waals surface area (Å²) < 4.78 is 10.8. The fourth-order valence-electron chi connectivity index (χ4n) is 1.53. The van der Waals surface area contributed by atoms with E-state index < -0.39 is 6.16 Å². The van der Waals surface area contributed by atoms with Crippen LogP contribution in [-0.4, -0.2) is 11.3 Å². The third kappa shape index (κ3) is 1.78. The Morgan fingerprint density at radius 1 is 1.44 bits per heavy atom. The zero-order valence-electron chi connectivity index (χ0n) is 8.70. The van der Waals surface area contributed by atoms with Crippen LogP contribution in [0.1, 0.15) is 11.3 Å². The topological polar surface area (TPSA) is 59.7 Å². The third-order valence-electron chi connectivity index (χ3n) is 2.41. The Morgan fingerprint density at radius 2 is 2.12 bits per heavy atom. The summed E-state index contributed by atoms with van der Waals surface area (Å²) in [6, 6.07) is 3.22. The van der Waals surface area contributed by atoms with Gasteiger partial charge >= 0.3 is 6.16 Å². The van der Waals surface area contributed by atoms with Crippen molar-refractivity contribution in [3.05, 3.63) is 27.9 Å². The summed E-state index contributed by atoms with van der Waals surface area (Å²) in [6.45, 7) is 3.78. The summed E-state index contributed by atoms with van der Waals surface area (Å²) in [7, 11) is 0. The molecule has 0 aliphatic heterocycles. The summed E-state index contributed by atoms with van der Waals surface area (Å²) in [5, 5.41) is 9.39. The number of halogens is 1. The maximum absolute atomic E-state index is 10.4.